The van der Waals surface area contributed by atoms with E-state index in [9.17, 15) is 8.42 Å². The minimum absolute atomic E-state index is 0.233. The second kappa shape index (κ2) is 8.18. The highest BCUT2D eigenvalue weighted by atomic mass is 32.2. The van der Waals surface area contributed by atoms with E-state index in [1.807, 2.05) is 0 Å². The van der Waals surface area contributed by atoms with E-state index in [0.29, 0.717) is 43.0 Å². The summed E-state index contributed by atoms with van der Waals surface area (Å²) in [6.45, 7) is 1.40. The number of benzene rings is 1. The molecule has 1 unspecified atom stereocenters. The number of rotatable bonds is 8. The number of hydrogen-bond donors (Lipinski definition) is 0. The van der Waals surface area contributed by atoms with Gasteiger partial charge in [-0.3, -0.25) is 0 Å². The van der Waals surface area contributed by atoms with Crippen LogP contribution in [0.25, 0.3) is 0 Å². The van der Waals surface area contributed by atoms with Crippen molar-refractivity contribution in [2.45, 2.75) is 49.6 Å². The number of ether oxygens (including phenoxy) is 2. The van der Waals surface area contributed by atoms with Crippen molar-refractivity contribution in [1.82, 2.24) is 14.4 Å². The van der Waals surface area contributed by atoms with Crippen LogP contribution in [0.15, 0.2) is 33.7 Å². The maximum absolute atomic E-state index is 13.2. The third-order valence-corrected chi connectivity index (χ3v) is 7.10. The van der Waals surface area contributed by atoms with Gasteiger partial charge in [-0.05, 0) is 55.9 Å². The summed E-state index contributed by atoms with van der Waals surface area (Å²) < 4.78 is 43.9. The Morgan fingerprint density at radius 1 is 1.18 bits per heavy atom. The van der Waals surface area contributed by atoms with Crippen molar-refractivity contribution in [3.8, 4) is 5.75 Å². The largest absolute Gasteiger partial charge is 0.497 e. The van der Waals surface area contributed by atoms with E-state index in [1.165, 1.54) is 17.1 Å². The van der Waals surface area contributed by atoms with Crippen LogP contribution < -0.4 is 4.74 Å². The van der Waals surface area contributed by atoms with Crippen LogP contribution in [0.5, 0.6) is 5.75 Å². The van der Waals surface area contributed by atoms with Crippen molar-refractivity contribution in [2.24, 2.45) is 5.92 Å². The van der Waals surface area contributed by atoms with Crippen molar-refractivity contribution in [3.63, 3.8) is 0 Å². The molecule has 1 atom stereocenters. The third kappa shape index (κ3) is 4.21. The smallest absolute Gasteiger partial charge is 0.252 e. The Kier molecular flexibility index (Phi) is 5.65. The van der Waals surface area contributed by atoms with Crippen molar-refractivity contribution >= 4 is 10.0 Å². The van der Waals surface area contributed by atoms with Crippen LogP contribution in [0.4, 0.5) is 0 Å². The number of nitrogens with zero attached hydrogens (tertiary/aromatic N) is 3. The van der Waals surface area contributed by atoms with Crippen molar-refractivity contribution < 1.29 is 22.4 Å². The lowest BCUT2D eigenvalue weighted by Gasteiger charge is -2.32. The van der Waals surface area contributed by atoms with Gasteiger partial charge in [0.25, 0.3) is 5.89 Å². The van der Waals surface area contributed by atoms with Gasteiger partial charge in [0.15, 0.2) is 5.82 Å². The van der Waals surface area contributed by atoms with Gasteiger partial charge in [0.2, 0.25) is 10.0 Å². The average Bonchev–Trinajstić information content (AvgIpc) is 3.43. The molecule has 9 heteroatoms. The van der Waals surface area contributed by atoms with Gasteiger partial charge in [0.1, 0.15) is 12.4 Å². The molecule has 0 N–H and O–H groups in total. The van der Waals surface area contributed by atoms with Gasteiger partial charge in [-0.15, -0.1) is 0 Å². The molecule has 152 valence electrons. The van der Waals surface area contributed by atoms with Gasteiger partial charge in [-0.2, -0.15) is 9.29 Å². The number of aromatic nitrogens is 2. The van der Waals surface area contributed by atoms with E-state index in [-0.39, 0.29) is 11.5 Å². The molecule has 1 aromatic heterocycles. The third-order valence-electron chi connectivity index (χ3n) is 5.18. The molecular weight excluding hydrogens is 382 g/mol. The highest BCUT2D eigenvalue weighted by Crippen LogP contribution is 2.34. The lowest BCUT2D eigenvalue weighted by molar-refractivity contribution is 0.0894. The molecule has 0 radical (unpaired) electrons. The SMILES string of the molecule is COc1ccc(S(=O)(=O)N2CCCCC2c2noc(COCC3CC3)n2)cc1. The van der Waals surface area contributed by atoms with Gasteiger partial charge >= 0.3 is 0 Å². The van der Waals surface area contributed by atoms with E-state index in [2.05, 4.69) is 10.1 Å². The minimum atomic E-state index is -3.67. The molecule has 8 nitrogen and oxygen atoms in total. The van der Waals surface area contributed by atoms with E-state index in [1.54, 1.807) is 31.4 Å². The summed E-state index contributed by atoms with van der Waals surface area (Å²) >= 11 is 0. The standard InChI is InChI=1S/C19H25N3O5S/c1-25-15-7-9-16(10-8-15)28(23,24)22-11-3-2-4-17(22)19-20-18(27-21-19)13-26-12-14-5-6-14/h7-10,14,17H,2-6,11-13H2,1H3. The summed E-state index contributed by atoms with van der Waals surface area (Å²) in [6, 6.07) is 5.99. The van der Waals surface area contributed by atoms with Gasteiger partial charge in [0.05, 0.1) is 24.7 Å². The number of sulfonamides is 1. The van der Waals surface area contributed by atoms with Crippen LogP contribution in [0, 0.1) is 5.92 Å². The molecule has 28 heavy (non-hydrogen) atoms. The Hall–Kier alpha value is -1.97. The van der Waals surface area contributed by atoms with Gasteiger partial charge < -0.3 is 14.0 Å². The molecule has 2 aliphatic rings. The number of methoxy groups -OCH3 is 1. The van der Waals surface area contributed by atoms with Crippen LogP contribution >= 0.6 is 0 Å². The predicted molar refractivity (Wildman–Crippen MR) is 100 cm³/mol. The van der Waals surface area contributed by atoms with Crippen LogP contribution in [-0.2, 0) is 21.4 Å². The first-order chi connectivity index (χ1) is 13.6. The van der Waals surface area contributed by atoms with Gasteiger partial charge in [-0.25, -0.2) is 8.42 Å². The Morgan fingerprint density at radius 2 is 1.96 bits per heavy atom. The van der Waals surface area contributed by atoms with E-state index in [4.69, 9.17) is 14.0 Å². The maximum Gasteiger partial charge on any atom is 0.252 e. The molecule has 1 saturated carbocycles. The molecule has 0 amide bonds. The minimum Gasteiger partial charge on any atom is -0.497 e. The van der Waals surface area contributed by atoms with Gasteiger partial charge in [-0.1, -0.05) is 11.6 Å². The second-order valence-electron chi connectivity index (χ2n) is 7.31. The van der Waals surface area contributed by atoms with Crippen molar-refractivity contribution in [1.29, 1.82) is 0 Å². The fourth-order valence-electron chi connectivity index (χ4n) is 3.39. The summed E-state index contributed by atoms with van der Waals surface area (Å²) in [5.74, 6) is 2.07. The van der Waals surface area contributed by atoms with E-state index in [0.717, 1.165) is 12.8 Å². The number of piperidine rings is 1. The Labute approximate surface area is 164 Å². The zero-order chi connectivity index (χ0) is 19.6. The molecule has 0 bridgehead atoms. The Morgan fingerprint density at radius 3 is 2.68 bits per heavy atom. The predicted octanol–water partition coefficient (Wildman–Crippen LogP) is 2.92. The maximum atomic E-state index is 13.2. The van der Waals surface area contributed by atoms with E-state index < -0.39 is 16.1 Å². The highest BCUT2D eigenvalue weighted by Gasteiger charge is 2.37. The molecular formula is C19H25N3O5S. The summed E-state index contributed by atoms with van der Waals surface area (Å²) in [6.07, 6.45) is 4.82. The zero-order valence-corrected chi connectivity index (χ0v) is 16.7. The fourth-order valence-corrected chi connectivity index (χ4v) is 5.05. The lowest BCUT2D eigenvalue weighted by atomic mass is 10.0. The Bertz CT molecular complexity index is 893. The molecule has 1 aliphatic heterocycles. The summed E-state index contributed by atoms with van der Waals surface area (Å²) in [5, 5.41) is 4.05. The molecule has 2 aromatic rings. The molecule has 4 rings (SSSR count). The molecule has 1 aromatic carbocycles. The topological polar surface area (TPSA) is 94.8 Å². The highest BCUT2D eigenvalue weighted by molar-refractivity contribution is 7.89. The van der Waals surface area contributed by atoms with Crippen molar-refractivity contribution in [2.75, 3.05) is 20.3 Å². The first-order valence-electron chi connectivity index (χ1n) is 9.64. The van der Waals surface area contributed by atoms with Crippen molar-refractivity contribution in [3.05, 3.63) is 36.0 Å². The molecule has 2 fully saturated rings. The molecule has 1 saturated heterocycles. The second-order valence-corrected chi connectivity index (χ2v) is 9.20. The van der Waals surface area contributed by atoms with Gasteiger partial charge in [0, 0.05) is 6.54 Å². The zero-order valence-electron chi connectivity index (χ0n) is 15.9. The summed E-state index contributed by atoms with van der Waals surface area (Å²) in [7, 11) is -2.12. The molecule has 1 aliphatic carbocycles. The monoisotopic (exact) mass is 407 g/mol. The quantitative estimate of drug-likeness (QED) is 0.664. The molecule has 0 spiro atoms. The normalized spacial score (nSPS) is 21.0. The molecule has 2 heterocycles. The fraction of sp³-hybridized carbons (Fsp3) is 0.579. The summed E-state index contributed by atoms with van der Waals surface area (Å²) in [4.78, 5) is 4.64. The Balaban J connectivity index is 1.51. The van der Waals surface area contributed by atoms with E-state index >= 15 is 0 Å². The summed E-state index contributed by atoms with van der Waals surface area (Å²) in [5.41, 5.74) is 0. The number of hydrogen-bond acceptors (Lipinski definition) is 7. The van der Waals surface area contributed by atoms with Crippen LogP contribution in [-0.4, -0.2) is 43.1 Å². The van der Waals surface area contributed by atoms with Crippen LogP contribution in [0.3, 0.4) is 0 Å². The first kappa shape index (κ1) is 19.4. The van der Waals surface area contributed by atoms with Crippen LogP contribution in [0.2, 0.25) is 0 Å². The average molecular weight is 407 g/mol. The first-order valence-corrected chi connectivity index (χ1v) is 11.1. The lowest BCUT2D eigenvalue weighted by Crippen LogP contribution is -2.39. The van der Waals surface area contributed by atoms with Crippen LogP contribution in [0.1, 0.15) is 49.9 Å².